The highest BCUT2D eigenvalue weighted by Gasteiger charge is 2.45. The van der Waals surface area contributed by atoms with E-state index in [9.17, 15) is 10.0 Å². The minimum absolute atomic E-state index is 0.0175. The Balaban J connectivity index is 2.15. The maximum atomic E-state index is 12.1. The first kappa shape index (κ1) is 14.4. The fourth-order valence-electron chi connectivity index (χ4n) is 2.38. The van der Waals surface area contributed by atoms with Crippen LogP contribution >= 0.6 is 9.03 Å². The third kappa shape index (κ3) is 2.20. The predicted molar refractivity (Wildman–Crippen MR) is 82.3 cm³/mol. The molecule has 0 fully saturated rings. The number of pyridine rings is 1. The molecular formula is C14H13N4O3P. The Morgan fingerprint density at radius 3 is 2.86 bits per heavy atom. The molecule has 1 aliphatic rings. The van der Waals surface area contributed by atoms with Gasteiger partial charge in [0.15, 0.2) is 20.3 Å². The Kier molecular flexibility index (Phi) is 3.52. The third-order valence-electron chi connectivity index (χ3n) is 3.53. The Bertz CT molecular complexity index is 753. The molecule has 1 unspecified atom stereocenters. The van der Waals surface area contributed by atoms with Crippen LogP contribution in [0.1, 0.15) is 5.69 Å². The second-order valence-corrected chi connectivity index (χ2v) is 5.25. The first-order valence-corrected chi connectivity index (χ1v) is 6.93. The summed E-state index contributed by atoms with van der Waals surface area (Å²) in [4.78, 5) is 16.3. The van der Waals surface area contributed by atoms with Gasteiger partial charge in [-0.15, -0.1) is 0 Å². The average Bonchev–Trinajstić information content (AvgIpc) is 2.54. The smallest absolute Gasteiger partial charge is 0.253 e. The Hall–Kier alpha value is -2.50. The van der Waals surface area contributed by atoms with Crippen molar-refractivity contribution in [3.63, 3.8) is 0 Å². The highest BCUT2D eigenvalue weighted by atomic mass is 31.0. The van der Waals surface area contributed by atoms with Crippen molar-refractivity contribution >= 4 is 26.3 Å². The van der Waals surface area contributed by atoms with Gasteiger partial charge in [0.2, 0.25) is 5.69 Å². The van der Waals surface area contributed by atoms with E-state index < -0.39 is 11.4 Å². The van der Waals surface area contributed by atoms with Crippen LogP contribution in [0.25, 0.3) is 0 Å². The number of primary amides is 1. The lowest BCUT2D eigenvalue weighted by molar-refractivity contribution is -0.327. The summed E-state index contributed by atoms with van der Waals surface area (Å²) in [6, 6.07) is 10.1. The minimum Gasteiger partial charge on any atom is -0.547 e. The summed E-state index contributed by atoms with van der Waals surface area (Å²) in [6.45, 7) is -0.0175. The van der Waals surface area contributed by atoms with Crippen LogP contribution in [-0.4, -0.2) is 22.0 Å². The van der Waals surface area contributed by atoms with Crippen LogP contribution < -0.4 is 15.8 Å². The molecule has 2 heterocycles. The number of para-hydroxylation sites is 1. The molecule has 0 aliphatic carbocycles. The second-order valence-electron chi connectivity index (χ2n) is 4.84. The monoisotopic (exact) mass is 316 g/mol. The summed E-state index contributed by atoms with van der Waals surface area (Å²) in [5.41, 5.74) is 5.33. The zero-order valence-electron chi connectivity index (χ0n) is 11.4. The van der Waals surface area contributed by atoms with E-state index in [1.54, 1.807) is 42.6 Å². The van der Waals surface area contributed by atoms with E-state index in [1.807, 2.05) is 0 Å². The van der Waals surface area contributed by atoms with Crippen molar-refractivity contribution in [1.29, 1.82) is 0 Å². The zero-order chi connectivity index (χ0) is 15.7. The van der Waals surface area contributed by atoms with Gasteiger partial charge in [-0.25, -0.2) is 4.49 Å². The van der Waals surface area contributed by atoms with Gasteiger partial charge in [-0.05, 0) is 18.2 Å². The number of fused-ring (bicyclic) bond motifs is 1. The van der Waals surface area contributed by atoms with Crippen LogP contribution in [0.15, 0.2) is 42.6 Å². The number of aromatic nitrogens is 1. The highest BCUT2D eigenvalue weighted by molar-refractivity contribution is 7.00. The second kappa shape index (κ2) is 5.36. The molecule has 1 aromatic heterocycles. The lowest BCUT2D eigenvalue weighted by Gasteiger charge is -2.36. The van der Waals surface area contributed by atoms with Gasteiger partial charge >= 0.3 is 0 Å². The van der Waals surface area contributed by atoms with E-state index in [0.717, 1.165) is 0 Å². The van der Waals surface area contributed by atoms with Crippen LogP contribution in [-0.2, 0) is 10.3 Å². The number of anilines is 1. The summed E-state index contributed by atoms with van der Waals surface area (Å²) < 4.78 is 6.16. The van der Waals surface area contributed by atoms with E-state index in [0.29, 0.717) is 21.6 Å². The quantitative estimate of drug-likeness (QED) is 0.663. The summed E-state index contributed by atoms with van der Waals surface area (Å²) in [5.74, 6) is -0.178. The highest BCUT2D eigenvalue weighted by Crippen LogP contribution is 2.42. The number of carbonyl (C=O) groups excluding carboxylic acids is 1. The lowest BCUT2D eigenvalue weighted by atomic mass is 9.92. The normalized spacial score (nSPS) is 19.5. The number of ether oxygens (including phenoxy) is 1. The van der Waals surface area contributed by atoms with Crippen LogP contribution in [0.5, 0.6) is 5.75 Å². The maximum Gasteiger partial charge on any atom is 0.253 e. The van der Waals surface area contributed by atoms with E-state index in [2.05, 4.69) is 19.3 Å². The molecule has 1 aromatic carbocycles. The number of rotatable bonds is 3. The van der Waals surface area contributed by atoms with Crippen molar-refractivity contribution in [2.75, 3.05) is 11.9 Å². The van der Waals surface area contributed by atoms with Gasteiger partial charge in [-0.2, -0.15) is 0 Å². The van der Waals surface area contributed by atoms with Gasteiger partial charge < -0.3 is 21.0 Å². The molecule has 1 amide bonds. The van der Waals surface area contributed by atoms with E-state index in [1.165, 1.54) is 0 Å². The third-order valence-corrected chi connectivity index (χ3v) is 3.77. The molecule has 1 atom stereocenters. The number of hydrogen-bond acceptors (Lipinski definition) is 5. The standard InChI is InChI=1S/C14H13N4O3P/c15-13(19)14(11-6-1-2-7-16-11)8-21-10-5-3-4-9(18(20)22)12(10)17-14/h1-7,17,22H,8H2,(H2,15,19). The first-order valence-electron chi connectivity index (χ1n) is 6.48. The van der Waals surface area contributed by atoms with Gasteiger partial charge in [-0.1, -0.05) is 12.1 Å². The van der Waals surface area contributed by atoms with E-state index in [4.69, 9.17) is 10.5 Å². The molecule has 2 aromatic rings. The zero-order valence-corrected chi connectivity index (χ0v) is 12.4. The lowest BCUT2D eigenvalue weighted by Crippen LogP contribution is -2.54. The number of amides is 1. The van der Waals surface area contributed by atoms with Crippen LogP contribution in [0.4, 0.5) is 11.4 Å². The Morgan fingerprint density at radius 2 is 2.23 bits per heavy atom. The molecule has 0 saturated carbocycles. The molecule has 0 saturated heterocycles. The molecule has 0 radical (unpaired) electrons. The Morgan fingerprint density at radius 1 is 1.41 bits per heavy atom. The van der Waals surface area contributed by atoms with Crippen LogP contribution in [0, 0.1) is 5.21 Å². The van der Waals surface area contributed by atoms with Crippen molar-refractivity contribution in [2.24, 2.45) is 5.73 Å². The number of carbonyl (C=O) groups is 1. The molecule has 0 spiro atoms. The molecule has 3 N–H and O–H groups in total. The SMILES string of the molecule is NC(=O)C1(c2ccccn2)COc2cccc([N+]([O-])=P)c2N1. The molecule has 22 heavy (non-hydrogen) atoms. The fourth-order valence-corrected chi connectivity index (χ4v) is 2.57. The van der Waals surface area contributed by atoms with Crippen molar-refractivity contribution < 1.29 is 14.0 Å². The van der Waals surface area contributed by atoms with Gasteiger partial charge in [-0.3, -0.25) is 9.78 Å². The summed E-state index contributed by atoms with van der Waals surface area (Å²) in [6.07, 6.45) is 1.56. The summed E-state index contributed by atoms with van der Waals surface area (Å²) in [5, 5.41) is 14.7. The number of hydrogen-bond donors (Lipinski definition) is 2. The molecule has 7 nitrogen and oxygen atoms in total. The Labute approximate surface area is 128 Å². The van der Waals surface area contributed by atoms with Crippen LogP contribution in [0.2, 0.25) is 0 Å². The van der Waals surface area contributed by atoms with E-state index in [-0.39, 0.29) is 12.3 Å². The first-order chi connectivity index (χ1) is 10.5. The maximum absolute atomic E-state index is 12.1. The molecule has 112 valence electrons. The predicted octanol–water partition coefficient (Wildman–Crippen LogP) is 1.73. The molecule has 1 aliphatic heterocycles. The summed E-state index contributed by atoms with van der Waals surface area (Å²) >= 11 is 0. The number of nitrogens with one attached hydrogen (secondary N) is 1. The van der Waals surface area contributed by atoms with Crippen molar-refractivity contribution in [3.8, 4) is 5.75 Å². The summed E-state index contributed by atoms with van der Waals surface area (Å²) in [7, 11) is 2.90. The van der Waals surface area contributed by atoms with Gasteiger partial charge in [0, 0.05) is 12.3 Å². The molecule has 3 rings (SSSR count). The molecule has 8 heteroatoms. The van der Waals surface area contributed by atoms with Crippen LogP contribution in [0.3, 0.4) is 0 Å². The topological polar surface area (TPSA) is 103 Å². The van der Waals surface area contributed by atoms with Gasteiger partial charge in [0.05, 0.1) is 5.69 Å². The van der Waals surface area contributed by atoms with Crippen molar-refractivity contribution in [1.82, 2.24) is 4.98 Å². The number of benzene rings is 1. The molecule has 0 bridgehead atoms. The number of nitrogens with two attached hydrogens (primary N) is 1. The minimum atomic E-state index is -1.34. The van der Waals surface area contributed by atoms with Gasteiger partial charge in [0.25, 0.3) is 5.91 Å². The van der Waals surface area contributed by atoms with Crippen molar-refractivity contribution in [3.05, 3.63) is 53.5 Å². The largest absolute Gasteiger partial charge is 0.547 e. The van der Waals surface area contributed by atoms with Crippen molar-refractivity contribution in [2.45, 2.75) is 5.54 Å². The molecular weight excluding hydrogens is 303 g/mol. The number of nitrogens with zero attached hydrogens (tertiary/aromatic N) is 2. The fraction of sp³-hybridized carbons (Fsp3) is 0.143. The van der Waals surface area contributed by atoms with Gasteiger partial charge in [0.1, 0.15) is 12.4 Å². The average molecular weight is 316 g/mol. The van der Waals surface area contributed by atoms with E-state index >= 15 is 0 Å².